The van der Waals surface area contributed by atoms with Crippen LogP contribution in [0.4, 0.5) is 0 Å². The molecule has 2 unspecified atom stereocenters. The van der Waals surface area contributed by atoms with Crippen LogP contribution in [0.1, 0.15) is 49.3 Å². The van der Waals surface area contributed by atoms with Gasteiger partial charge < -0.3 is 0 Å². The molecule has 1 aliphatic rings. The SMILES string of the molecule is Cc1ccc(S(=O)(=O)OCCCC2CCCCN2C(C#N)c2ccc(Br)cc2)cc1. The van der Waals surface area contributed by atoms with Crippen molar-refractivity contribution < 1.29 is 12.6 Å². The molecule has 3 rings (SSSR count). The van der Waals surface area contributed by atoms with Crippen LogP contribution in [-0.4, -0.2) is 32.5 Å². The number of rotatable bonds is 8. The molecule has 0 radical (unpaired) electrons. The molecule has 0 saturated carbocycles. The Labute approximate surface area is 187 Å². The predicted molar refractivity (Wildman–Crippen MR) is 120 cm³/mol. The molecule has 1 heterocycles. The molecule has 5 nitrogen and oxygen atoms in total. The largest absolute Gasteiger partial charge is 0.296 e. The zero-order valence-corrected chi connectivity index (χ0v) is 19.5. The summed E-state index contributed by atoms with van der Waals surface area (Å²) in [5, 5.41) is 9.84. The van der Waals surface area contributed by atoms with E-state index in [0.717, 1.165) is 47.8 Å². The Morgan fingerprint density at radius 1 is 1.17 bits per heavy atom. The molecular weight excluding hydrogens is 464 g/mol. The molecule has 160 valence electrons. The van der Waals surface area contributed by atoms with Gasteiger partial charge in [-0.1, -0.05) is 52.2 Å². The number of likely N-dealkylation sites (tertiary alicyclic amines) is 1. The van der Waals surface area contributed by atoms with Gasteiger partial charge in [0.05, 0.1) is 17.6 Å². The minimum absolute atomic E-state index is 0.149. The highest BCUT2D eigenvalue weighted by Gasteiger charge is 2.29. The molecule has 2 atom stereocenters. The van der Waals surface area contributed by atoms with Gasteiger partial charge in [-0.25, -0.2) is 0 Å². The summed E-state index contributed by atoms with van der Waals surface area (Å²) in [4.78, 5) is 2.45. The third kappa shape index (κ3) is 5.92. The van der Waals surface area contributed by atoms with E-state index in [4.69, 9.17) is 4.18 Å². The fourth-order valence-corrected chi connectivity index (χ4v) is 5.13. The quantitative estimate of drug-likeness (QED) is 0.367. The first-order valence-electron chi connectivity index (χ1n) is 10.3. The Morgan fingerprint density at radius 3 is 2.53 bits per heavy atom. The van der Waals surface area contributed by atoms with E-state index < -0.39 is 10.1 Å². The number of aryl methyl sites for hydroxylation is 1. The van der Waals surface area contributed by atoms with Crippen LogP contribution < -0.4 is 0 Å². The van der Waals surface area contributed by atoms with E-state index in [0.29, 0.717) is 6.42 Å². The highest BCUT2D eigenvalue weighted by Crippen LogP contribution is 2.31. The highest BCUT2D eigenvalue weighted by atomic mass is 79.9. The Hall–Kier alpha value is -1.72. The van der Waals surface area contributed by atoms with Crippen molar-refractivity contribution in [1.29, 1.82) is 5.26 Å². The third-order valence-electron chi connectivity index (χ3n) is 5.54. The van der Waals surface area contributed by atoms with E-state index in [1.165, 1.54) is 0 Å². The summed E-state index contributed by atoms with van der Waals surface area (Å²) in [5.41, 5.74) is 2.00. The van der Waals surface area contributed by atoms with Crippen LogP contribution in [0.15, 0.2) is 57.9 Å². The van der Waals surface area contributed by atoms with Crippen LogP contribution in [0, 0.1) is 18.3 Å². The first-order valence-corrected chi connectivity index (χ1v) is 12.5. The van der Waals surface area contributed by atoms with Gasteiger partial charge in [0.25, 0.3) is 10.1 Å². The number of halogens is 1. The van der Waals surface area contributed by atoms with E-state index in [1.54, 1.807) is 24.3 Å². The Kier molecular flexibility index (Phi) is 8.06. The van der Waals surface area contributed by atoms with E-state index in [1.807, 2.05) is 31.2 Å². The molecule has 0 spiro atoms. The predicted octanol–water partition coefficient (Wildman–Crippen LogP) is 5.36. The molecule has 2 aromatic rings. The van der Waals surface area contributed by atoms with Crippen LogP contribution >= 0.6 is 15.9 Å². The monoisotopic (exact) mass is 490 g/mol. The molecule has 0 aliphatic carbocycles. The standard InChI is InChI=1S/C23H27BrN2O3S/c1-18-7-13-22(14-8-18)30(27,28)29-16-4-6-21-5-2-3-15-26(21)23(17-25)19-9-11-20(24)12-10-19/h7-14,21,23H,2-6,15-16H2,1H3. The van der Waals surface area contributed by atoms with Crippen molar-refractivity contribution in [2.24, 2.45) is 0 Å². The summed E-state index contributed by atoms with van der Waals surface area (Å²) in [7, 11) is -3.73. The van der Waals surface area contributed by atoms with Crippen molar-refractivity contribution in [2.75, 3.05) is 13.2 Å². The molecule has 2 aromatic carbocycles. The third-order valence-corrected chi connectivity index (χ3v) is 7.40. The summed E-state index contributed by atoms with van der Waals surface area (Å²) < 4.78 is 30.9. The van der Waals surface area contributed by atoms with E-state index >= 15 is 0 Å². The average Bonchev–Trinajstić information content (AvgIpc) is 2.74. The minimum Gasteiger partial charge on any atom is -0.281 e. The summed E-state index contributed by atoms with van der Waals surface area (Å²) in [6.45, 7) is 2.94. The molecule has 0 aromatic heterocycles. The maximum Gasteiger partial charge on any atom is 0.296 e. The lowest BCUT2D eigenvalue weighted by Gasteiger charge is -2.38. The molecule has 1 aliphatic heterocycles. The Balaban J connectivity index is 1.58. The van der Waals surface area contributed by atoms with Gasteiger partial charge in [-0.05, 0) is 62.4 Å². The molecule has 0 N–H and O–H groups in total. The van der Waals surface area contributed by atoms with Crippen molar-refractivity contribution in [3.8, 4) is 6.07 Å². The van der Waals surface area contributed by atoms with Gasteiger partial charge in [-0.15, -0.1) is 0 Å². The van der Waals surface area contributed by atoms with E-state index in [2.05, 4.69) is 26.9 Å². The molecule has 1 saturated heterocycles. The van der Waals surface area contributed by atoms with Crippen molar-refractivity contribution in [3.05, 3.63) is 64.1 Å². The van der Waals surface area contributed by atoms with Gasteiger partial charge in [0.1, 0.15) is 6.04 Å². The molecular formula is C23H27BrN2O3S. The van der Waals surface area contributed by atoms with Gasteiger partial charge in [0, 0.05) is 17.1 Å². The van der Waals surface area contributed by atoms with Gasteiger partial charge >= 0.3 is 0 Å². The molecule has 1 fully saturated rings. The fourth-order valence-electron chi connectivity index (χ4n) is 3.92. The van der Waals surface area contributed by atoms with Crippen molar-refractivity contribution >= 4 is 26.0 Å². The average molecular weight is 491 g/mol. The van der Waals surface area contributed by atoms with Gasteiger partial charge in [-0.3, -0.25) is 9.08 Å². The maximum absolute atomic E-state index is 12.3. The number of benzene rings is 2. The summed E-state index contributed by atoms with van der Waals surface area (Å²) >= 11 is 3.44. The topological polar surface area (TPSA) is 70.4 Å². The molecule has 30 heavy (non-hydrogen) atoms. The lowest BCUT2D eigenvalue weighted by molar-refractivity contribution is 0.108. The zero-order chi connectivity index (χ0) is 21.6. The second kappa shape index (κ2) is 10.5. The summed E-state index contributed by atoms with van der Waals surface area (Å²) in [6.07, 6.45) is 4.65. The normalized spacial score (nSPS) is 18.6. The summed E-state index contributed by atoms with van der Waals surface area (Å²) in [6, 6.07) is 17.0. The van der Waals surface area contributed by atoms with Crippen LogP contribution in [0.5, 0.6) is 0 Å². The molecule has 0 bridgehead atoms. The van der Waals surface area contributed by atoms with Gasteiger partial charge in [0.15, 0.2) is 0 Å². The number of hydrogen-bond donors (Lipinski definition) is 0. The summed E-state index contributed by atoms with van der Waals surface area (Å²) in [5.74, 6) is 0. The number of hydrogen-bond acceptors (Lipinski definition) is 5. The number of piperidine rings is 1. The van der Waals surface area contributed by atoms with Crippen LogP contribution in [0.25, 0.3) is 0 Å². The van der Waals surface area contributed by atoms with Crippen LogP contribution in [0.3, 0.4) is 0 Å². The Bertz CT molecular complexity index is 969. The van der Waals surface area contributed by atoms with Crippen LogP contribution in [-0.2, 0) is 14.3 Å². The van der Waals surface area contributed by atoms with Crippen molar-refractivity contribution in [1.82, 2.24) is 4.90 Å². The first kappa shape index (κ1) is 23.0. The first-order chi connectivity index (χ1) is 14.4. The lowest BCUT2D eigenvalue weighted by Crippen LogP contribution is -2.41. The second-order valence-electron chi connectivity index (χ2n) is 7.70. The number of nitriles is 1. The van der Waals surface area contributed by atoms with E-state index in [9.17, 15) is 13.7 Å². The van der Waals surface area contributed by atoms with E-state index in [-0.39, 0.29) is 23.6 Å². The lowest BCUT2D eigenvalue weighted by atomic mass is 9.94. The van der Waals surface area contributed by atoms with Crippen LogP contribution in [0.2, 0.25) is 0 Å². The second-order valence-corrected chi connectivity index (χ2v) is 10.2. The maximum atomic E-state index is 12.3. The van der Waals surface area contributed by atoms with Gasteiger partial charge in [-0.2, -0.15) is 13.7 Å². The molecule has 7 heteroatoms. The zero-order valence-electron chi connectivity index (χ0n) is 17.1. The number of nitrogens with zero attached hydrogens (tertiary/aromatic N) is 2. The minimum atomic E-state index is -3.73. The van der Waals surface area contributed by atoms with Crippen molar-refractivity contribution in [3.63, 3.8) is 0 Å². The van der Waals surface area contributed by atoms with Crippen molar-refractivity contribution in [2.45, 2.75) is 56.0 Å². The molecule has 0 amide bonds. The fraction of sp³-hybridized carbons (Fsp3) is 0.435. The Morgan fingerprint density at radius 2 is 1.87 bits per heavy atom. The smallest absolute Gasteiger partial charge is 0.281 e. The highest BCUT2D eigenvalue weighted by molar-refractivity contribution is 9.10. The van der Waals surface area contributed by atoms with Gasteiger partial charge in [0.2, 0.25) is 0 Å².